The van der Waals surface area contributed by atoms with Gasteiger partial charge in [-0.15, -0.1) is 0 Å². The second-order valence-corrected chi connectivity index (χ2v) is 2.92. The van der Waals surface area contributed by atoms with Crippen LogP contribution in [0.4, 0.5) is 4.79 Å². The van der Waals surface area contributed by atoms with Gasteiger partial charge in [-0.3, -0.25) is 0 Å². The highest BCUT2D eigenvalue weighted by atomic mass is 16.6. The van der Waals surface area contributed by atoms with Crippen molar-refractivity contribution < 1.29 is 19.1 Å². The fourth-order valence-corrected chi connectivity index (χ4v) is 0.740. The van der Waals surface area contributed by atoms with Crippen molar-refractivity contribution in [2.75, 3.05) is 13.2 Å². The van der Waals surface area contributed by atoms with E-state index in [9.17, 15) is 9.59 Å². The minimum Gasteiger partial charge on any atom is -0.464 e. The van der Waals surface area contributed by atoms with Gasteiger partial charge in [0, 0.05) is 0 Å². The number of nitrogens with one attached hydrogen (secondary N) is 1. The highest BCUT2D eigenvalue weighted by Crippen LogP contribution is 1.91. The van der Waals surface area contributed by atoms with Crippen LogP contribution >= 0.6 is 0 Å². The standard InChI is InChI=1S/C10H17NO4/c1-4-6-14-9(12)8(3)11-10(13)15-7-5-2/h5,8H,2,4,6-7H2,1,3H3,(H,11,13)/t8-/m0/s1. The Labute approximate surface area is 89.4 Å². The van der Waals surface area contributed by atoms with Gasteiger partial charge in [0.2, 0.25) is 0 Å². The molecule has 0 aliphatic carbocycles. The Bertz CT molecular complexity index is 227. The number of rotatable bonds is 6. The van der Waals surface area contributed by atoms with Gasteiger partial charge in [0.25, 0.3) is 0 Å². The minimum atomic E-state index is -0.700. The summed E-state index contributed by atoms with van der Waals surface area (Å²) in [5.41, 5.74) is 0. The van der Waals surface area contributed by atoms with E-state index in [-0.39, 0.29) is 6.61 Å². The molecule has 0 saturated heterocycles. The molecule has 15 heavy (non-hydrogen) atoms. The van der Waals surface area contributed by atoms with E-state index in [0.717, 1.165) is 6.42 Å². The molecule has 0 aromatic heterocycles. The minimum absolute atomic E-state index is 0.114. The summed E-state index contributed by atoms with van der Waals surface area (Å²) in [5, 5.41) is 2.34. The van der Waals surface area contributed by atoms with Gasteiger partial charge in [-0.05, 0) is 13.3 Å². The van der Waals surface area contributed by atoms with Crippen LogP contribution in [0.15, 0.2) is 12.7 Å². The molecular formula is C10H17NO4. The Hall–Kier alpha value is -1.52. The van der Waals surface area contributed by atoms with Crippen LogP contribution in [0.25, 0.3) is 0 Å². The van der Waals surface area contributed by atoms with Gasteiger partial charge in [-0.1, -0.05) is 19.6 Å². The van der Waals surface area contributed by atoms with E-state index >= 15 is 0 Å². The van der Waals surface area contributed by atoms with E-state index in [1.54, 1.807) is 0 Å². The van der Waals surface area contributed by atoms with Crippen LogP contribution in [-0.4, -0.2) is 31.3 Å². The summed E-state index contributed by atoms with van der Waals surface area (Å²) in [6, 6.07) is -0.700. The zero-order valence-corrected chi connectivity index (χ0v) is 9.12. The molecule has 0 spiro atoms. The molecule has 0 radical (unpaired) electrons. The average molecular weight is 215 g/mol. The van der Waals surface area contributed by atoms with Gasteiger partial charge in [-0.25, -0.2) is 9.59 Å². The number of ether oxygens (including phenoxy) is 2. The average Bonchev–Trinajstić information content (AvgIpc) is 2.22. The maximum Gasteiger partial charge on any atom is 0.408 e. The van der Waals surface area contributed by atoms with Crippen molar-refractivity contribution in [2.24, 2.45) is 0 Å². The van der Waals surface area contributed by atoms with Crippen molar-refractivity contribution in [3.63, 3.8) is 0 Å². The van der Waals surface area contributed by atoms with Crippen LogP contribution < -0.4 is 5.32 Å². The predicted octanol–water partition coefficient (Wildman–Crippen LogP) is 1.24. The van der Waals surface area contributed by atoms with Crippen LogP contribution in [-0.2, 0) is 14.3 Å². The number of hydrogen-bond acceptors (Lipinski definition) is 4. The van der Waals surface area contributed by atoms with E-state index in [0.29, 0.717) is 6.61 Å². The quantitative estimate of drug-likeness (QED) is 0.535. The van der Waals surface area contributed by atoms with E-state index in [1.807, 2.05) is 6.92 Å². The molecule has 0 unspecified atom stereocenters. The molecule has 1 atom stereocenters. The molecule has 86 valence electrons. The lowest BCUT2D eigenvalue weighted by Crippen LogP contribution is -2.39. The number of amides is 1. The SMILES string of the molecule is C=CCOC(=O)N[C@@H](C)C(=O)OCCC. The van der Waals surface area contributed by atoms with Crippen LogP contribution in [0, 0.1) is 0 Å². The Morgan fingerprint density at radius 2 is 2.13 bits per heavy atom. The molecule has 1 N–H and O–H groups in total. The van der Waals surface area contributed by atoms with Gasteiger partial charge >= 0.3 is 12.1 Å². The molecule has 0 aromatic carbocycles. The predicted molar refractivity (Wildman–Crippen MR) is 55.4 cm³/mol. The first-order valence-corrected chi connectivity index (χ1v) is 4.82. The lowest BCUT2D eigenvalue weighted by Gasteiger charge is -2.12. The van der Waals surface area contributed by atoms with Crippen LogP contribution in [0.1, 0.15) is 20.3 Å². The summed E-state index contributed by atoms with van der Waals surface area (Å²) in [5.74, 6) is -0.465. The van der Waals surface area contributed by atoms with Crippen LogP contribution in [0.2, 0.25) is 0 Å². The van der Waals surface area contributed by atoms with Crippen molar-refractivity contribution in [3.8, 4) is 0 Å². The van der Waals surface area contributed by atoms with E-state index in [2.05, 4.69) is 16.6 Å². The molecule has 0 aliphatic heterocycles. The smallest absolute Gasteiger partial charge is 0.408 e. The van der Waals surface area contributed by atoms with Crippen molar-refractivity contribution in [3.05, 3.63) is 12.7 Å². The van der Waals surface area contributed by atoms with Gasteiger partial charge in [-0.2, -0.15) is 0 Å². The first-order chi connectivity index (χ1) is 7.11. The maximum absolute atomic E-state index is 11.2. The maximum atomic E-state index is 11.2. The second kappa shape index (κ2) is 7.84. The Balaban J connectivity index is 3.79. The van der Waals surface area contributed by atoms with Gasteiger partial charge in [0.1, 0.15) is 12.6 Å². The third-order valence-electron chi connectivity index (χ3n) is 1.47. The Morgan fingerprint density at radius 3 is 2.67 bits per heavy atom. The molecule has 5 heteroatoms. The summed E-state index contributed by atoms with van der Waals surface area (Å²) in [6.45, 7) is 7.29. The van der Waals surface area contributed by atoms with Crippen molar-refractivity contribution >= 4 is 12.1 Å². The Morgan fingerprint density at radius 1 is 1.47 bits per heavy atom. The molecular weight excluding hydrogens is 198 g/mol. The summed E-state index contributed by atoms with van der Waals surface area (Å²) in [4.78, 5) is 22.2. The molecule has 0 rings (SSSR count). The highest BCUT2D eigenvalue weighted by molar-refractivity contribution is 5.80. The summed E-state index contributed by atoms with van der Waals surface area (Å²) in [6.07, 6.45) is 1.54. The molecule has 0 saturated carbocycles. The van der Waals surface area contributed by atoms with Gasteiger partial charge in [0.05, 0.1) is 6.61 Å². The fourth-order valence-electron chi connectivity index (χ4n) is 0.740. The van der Waals surface area contributed by atoms with E-state index in [1.165, 1.54) is 13.0 Å². The molecule has 0 heterocycles. The third kappa shape index (κ3) is 6.54. The first kappa shape index (κ1) is 13.5. The molecule has 0 aliphatic rings. The normalized spacial score (nSPS) is 11.3. The Kier molecular flexibility index (Phi) is 7.05. The number of carbonyl (C=O) groups is 2. The van der Waals surface area contributed by atoms with Crippen molar-refractivity contribution in [1.29, 1.82) is 0 Å². The molecule has 0 aromatic rings. The topological polar surface area (TPSA) is 64.6 Å². The lowest BCUT2D eigenvalue weighted by molar-refractivity contribution is -0.145. The molecule has 0 bridgehead atoms. The first-order valence-electron chi connectivity index (χ1n) is 4.82. The number of hydrogen-bond donors (Lipinski definition) is 1. The van der Waals surface area contributed by atoms with Gasteiger partial charge in [0.15, 0.2) is 0 Å². The summed E-state index contributed by atoms with van der Waals surface area (Å²) < 4.78 is 9.47. The van der Waals surface area contributed by atoms with Crippen molar-refractivity contribution in [1.82, 2.24) is 5.32 Å². The zero-order valence-electron chi connectivity index (χ0n) is 9.12. The third-order valence-corrected chi connectivity index (χ3v) is 1.47. The number of carbonyl (C=O) groups excluding carboxylic acids is 2. The number of alkyl carbamates (subject to hydrolysis) is 1. The largest absolute Gasteiger partial charge is 0.464 e. The van der Waals surface area contributed by atoms with Crippen LogP contribution in [0.5, 0.6) is 0 Å². The molecule has 0 fully saturated rings. The lowest BCUT2D eigenvalue weighted by atomic mass is 10.3. The van der Waals surface area contributed by atoms with Gasteiger partial charge < -0.3 is 14.8 Å². The molecule has 5 nitrogen and oxygen atoms in total. The zero-order chi connectivity index (χ0) is 11.7. The monoisotopic (exact) mass is 215 g/mol. The summed E-state index contributed by atoms with van der Waals surface area (Å²) >= 11 is 0. The van der Waals surface area contributed by atoms with E-state index < -0.39 is 18.1 Å². The van der Waals surface area contributed by atoms with Crippen molar-refractivity contribution in [2.45, 2.75) is 26.3 Å². The second-order valence-electron chi connectivity index (χ2n) is 2.92. The fraction of sp³-hybridized carbons (Fsp3) is 0.600. The van der Waals surface area contributed by atoms with Crippen LogP contribution in [0.3, 0.4) is 0 Å². The molecule has 1 amide bonds. The summed E-state index contributed by atoms with van der Waals surface area (Å²) in [7, 11) is 0. The van der Waals surface area contributed by atoms with E-state index in [4.69, 9.17) is 4.74 Å². The number of esters is 1. The highest BCUT2D eigenvalue weighted by Gasteiger charge is 2.16.